The Balaban J connectivity index is 2.95. The van der Waals surface area contributed by atoms with Crippen molar-refractivity contribution in [2.45, 2.75) is 32.6 Å². The monoisotopic (exact) mass is 175 g/mol. The van der Waals surface area contributed by atoms with Gasteiger partial charge in [-0.3, -0.25) is 0 Å². The van der Waals surface area contributed by atoms with Crippen LogP contribution in [-0.2, 0) is 9.57 Å². The summed E-state index contributed by atoms with van der Waals surface area (Å²) in [5.74, 6) is 0. The topological polar surface area (TPSA) is 47.6 Å². The lowest BCUT2D eigenvalue weighted by Crippen LogP contribution is -2.20. The van der Waals surface area contributed by atoms with Gasteiger partial charge in [-0.2, -0.15) is 0 Å². The van der Waals surface area contributed by atoms with E-state index < -0.39 is 6.16 Å². The molecule has 0 bridgehead atoms. The molecule has 0 aliphatic rings. The molecule has 1 N–H and O–H groups in total. The molecule has 4 heteroatoms. The normalized spacial score (nSPS) is 9.50. The summed E-state index contributed by atoms with van der Waals surface area (Å²) in [6.45, 7) is 2.84. The summed E-state index contributed by atoms with van der Waals surface area (Å²) >= 11 is 0. The average Bonchev–Trinajstić information content (AvgIpc) is 2.10. The van der Waals surface area contributed by atoms with Gasteiger partial charge < -0.3 is 9.57 Å². The molecular formula is C8H17NO3. The highest BCUT2D eigenvalue weighted by Gasteiger charge is 1.97. The maximum Gasteiger partial charge on any atom is 0.527 e. The lowest BCUT2D eigenvalue weighted by molar-refractivity contribution is 0.0293. The van der Waals surface area contributed by atoms with E-state index in [2.05, 4.69) is 22.0 Å². The first kappa shape index (κ1) is 11.2. The van der Waals surface area contributed by atoms with E-state index in [4.69, 9.17) is 0 Å². The molecule has 12 heavy (non-hydrogen) atoms. The van der Waals surface area contributed by atoms with Crippen LogP contribution >= 0.6 is 0 Å². The van der Waals surface area contributed by atoms with E-state index in [1.54, 1.807) is 0 Å². The molecule has 0 aliphatic heterocycles. The third kappa shape index (κ3) is 7.34. The van der Waals surface area contributed by atoms with Crippen molar-refractivity contribution in [2.75, 3.05) is 13.7 Å². The zero-order valence-corrected chi connectivity index (χ0v) is 7.76. The van der Waals surface area contributed by atoms with Crippen molar-refractivity contribution in [2.24, 2.45) is 0 Å². The average molecular weight is 175 g/mol. The third-order valence-electron chi connectivity index (χ3n) is 1.45. The highest BCUT2D eigenvalue weighted by molar-refractivity contribution is 5.59. The van der Waals surface area contributed by atoms with Crippen molar-refractivity contribution >= 4 is 6.16 Å². The van der Waals surface area contributed by atoms with Crippen molar-refractivity contribution in [3.63, 3.8) is 0 Å². The molecule has 72 valence electrons. The molecule has 0 unspecified atom stereocenters. The number of rotatable bonds is 6. The van der Waals surface area contributed by atoms with Gasteiger partial charge in [-0.1, -0.05) is 26.2 Å². The van der Waals surface area contributed by atoms with Gasteiger partial charge in [-0.15, -0.1) is 5.48 Å². The van der Waals surface area contributed by atoms with E-state index in [9.17, 15) is 4.79 Å². The second kappa shape index (κ2) is 8.33. The molecule has 0 aromatic rings. The molecule has 0 spiro atoms. The molecule has 0 aromatic carbocycles. The van der Waals surface area contributed by atoms with Gasteiger partial charge in [0.25, 0.3) is 0 Å². The Morgan fingerprint density at radius 2 is 2.08 bits per heavy atom. The standard InChI is InChI=1S/C8H17NO3/c1-3-4-5-6-7-9-12-8(10)11-2/h9H,3-7H2,1-2H3. The predicted molar refractivity (Wildman–Crippen MR) is 45.6 cm³/mol. The number of unbranched alkanes of at least 4 members (excludes halogenated alkanes) is 3. The molecule has 0 fully saturated rings. The van der Waals surface area contributed by atoms with Crippen molar-refractivity contribution in [1.29, 1.82) is 0 Å². The summed E-state index contributed by atoms with van der Waals surface area (Å²) in [5, 5.41) is 0. The number of methoxy groups -OCH3 is 1. The van der Waals surface area contributed by atoms with Gasteiger partial charge in [0.2, 0.25) is 0 Å². The Morgan fingerprint density at radius 1 is 1.33 bits per heavy atom. The first-order valence-corrected chi connectivity index (χ1v) is 4.29. The molecule has 0 saturated heterocycles. The molecular weight excluding hydrogens is 158 g/mol. The predicted octanol–water partition coefficient (Wildman–Crippen LogP) is 1.85. The van der Waals surface area contributed by atoms with Crippen LogP contribution in [0.4, 0.5) is 4.79 Å². The highest BCUT2D eigenvalue weighted by Crippen LogP contribution is 1.96. The summed E-state index contributed by atoms with van der Waals surface area (Å²) in [6, 6.07) is 0. The van der Waals surface area contributed by atoms with Crippen LogP contribution in [0.2, 0.25) is 0 Å². The number of carbonyl (C=O) groups excluding carboxylic acids is 1. The summed E-state index contributed by atoms with van der Waals surface area (Å²) in [6.07, 6.45) is 3.92. The van der Waals surface area contributed by atoms with Gasteiger partial charge >= 0.3 is 6.16 Å². The van der Waals surface area contributed by atoms with E-state index in [-0.39, 0.29) is 0 Å². The van der Waals surface area contributed by atoms with Gasteiger partial charge in [0, 0.05) is 6.54 Å². The number of ether oxygens (including phenoxy) is 1. The summed E-state index contributed by atoms with van der Waals surface area (Å²) in [7, 11) is 1.28. The molecule has 0 saturated carbocycles. The number of hydrogen-bond acceptors (Lipinski definition) is 4. The zero-order valence-electron chi connectivity index (χ0n) is 7.76. The highest BCUT2D eigenvalue weighted by atomic mass is 16.8. The third-order valence-corrected chi connectivity index (χ3v) is 1.45. The number of nitrogens with one attached hydrogen (secondary N) is 1. The van der Waals surface area contributed by atoms with Gasteiger partial charge in [0.05, 0.1) is 7.11 Å². The minimum absolute atomic E-state index is 0.689. The van der Waals surface area contributed by atoms with Crippen molar-refractivity contribution < 1.29 is 14.4 Å². The first-order chi connectivity index (χ1) is 5.81. The molecule has 0 atom stereocenters. The Labute approximate surface area is 73.2 Å². The quantitative estimate of drug-likeness (QED) is 0.380. The van der Waals surface area contributed by atoms with Crippen LogP contribution in [0.3, 0.4) is 0 Å². The van der Waals surface area contributed by atoms with Crippen LogP contribution in [0.25, 0.3) is 0 Å². The van der Waals surface area contributed by atoms with E-state index in [0.29, 0.717) is 6.54 Å². The summed E-state index contributed by atoms with van der Waals surface area (Å²) < 4.78 is 4.25. The van der Waals surface area contributed by atoms with E-state index in [0.717, 1.165) is 12.8 Å². The maximum absolute atomic E-state index is 10.4. The van der Waals surface area contributed by atoms with E-state index in [1.807, 2.05) is 0 Å². The Hall–Kier alpha value is -0.770. The van der Waals surface area contributed by atoms with Crippen LogP contribution in [0.1, 0.15) is 32.6 Å². The minimum atomic E-state index is -0.689. The van der Waals surface area contributed by atoms with E-state index >= 15 is 0 Å². The molecule has 0 aliphatic carbocycles. The molecule has 4 nitrogen and oxygen atoms in total. The van der Waals surface area contributed by atoms with Crippen LogP contribution in [-0.4, -0.2) is 19.8 Å². The fourth-order valence-corrected chi connectivity index (χ4v) is 0.776. The van der Waals surface area contributed by atoms with Gasteiger partial charge in [0.15, 0.2) is 0 Å². The summed E-state index contributed by atoms with van der Waals surface area (Å²) in [5.41, 5.74) is 2.52. The lowest BCUT2D eigenvalue weighted by atomic mass is 10.2. The number of hydrogen-bond donors (Lipinski definition) is 1. The Bertz CT molecular complexity index is 117. The molecule has 0 aromatic heterocycles. The van der Waals surface area contributed by atoms with Crippen LogP contribution in [0, 0.1) is 0 Å². The Kier molecular flexibility index (Phi) is 7.79. The van der Waals surface area contributed by atoms with Crippen molar-refractivity contribution in [3.8, 4) is 0 Å². The number of hydroxylamine groups is 1. The number of carbonyl (C=O) groups is 1. The van der Waals surface area contributed by atoms with Crippen LogP contribution < -0.4 is 5.48 Å². The second-order valence-electron chi connectivity index (χ2n) is 2.51. The molecule has 0 rings (SSSR count). The van der Waals surface area contributed by atoms with Gasteiger partial charge in [-0.05, 0) is 6.42 Å². The fourth-order valence-electron chi connectivity index (χ4n) is 0.776. The SMILES string of the molecule is CCCCCCNOC(=O)OC. The molecule has 0 amide bonds. The van der Waals surface area contributed by atoms with Gasteiger partial charge in [-0.25, -0.2) is 4.79 Å². The van der Waals surface area contributed by atoms with Crippen LogP contribution in [0.5, 0.6) is 0 Å². The summed E-state index contributed by atoms with van der Waals surface area (Å²) in [4.78, 5) is 14.9. The van der Waals surface area contributed by atoms with Gasteiger partial charge in [0.1, 0.15) is 0 Å². The fraction of sp³-hybridized carbons (Fsp3) is 0.875. The maximum atomic E-state index is 10.4. The Morgan fingerprint density at radius 3 is 2.67 bits per heavy atom. The van der Waals surface area contributed by atoms with Crippen LogP contribution in [0.15, 0.2) is 0 Å². The molecule has 0 heterocycles. The van der Waals surface area contributed by atoms with Crippen molar-refractivity contribution in [3.05, 3.63) is 0 Å². The minimum Gasteiger partial charge on any atom is -0.436 e. The largest absolute Gasteiger partial charge is 0.527 e. The molecule has 0 radical (unpaired) electrons. The van der Waals surface area contributed by atoms with Crippen molar-refractivity contribution in [1.82, 2.24) is 5.48 Å². The second-order valence-corrected chi connectivity index (χ2v) is 2.51. The first-order valence-electron chi connectivity index (χ1n) is 4.29. The van der Waals surface area contributed by atoms with E-state index in [1.165, 1.54) is 20.0 Å². The zero-order chi connectivity index (χ0) is 9.23. The lowest BCUT2D eigenvalue weighted by Gasteiger charge is -2.03. The smallest absolute Gasteiger partial charge is 0.436 e.